The zero-order valence-corrected chi connectivity index (χ0v) is 15.7. The summed E-state index contributed by atoms with van der Waals surface area (Å²) in [6.45, 7) is 0.0511. The van der Waals surface area contributed by atoms with Crippen LogP contribution in [0.4, 0.5) is 29.1 Å². The number of nitrogens with one attached hydrogen (secondary N) is 1. The van der Waals surface area contributed by atoms with Crippen LogP contribution in [0.25, 0.3) is 0 Å². The van der Waals surface area contributed by atoms with E-state index in [2.05, 4.69) is 10.3 Å². The van der Waals surface area contributed by atoms with Crippen molar-refractivity contribution in [1.82, 2.24) is 4.98 Å². The van der Waals surface area contributed by atoms with Crippen LogP contribution in [0.3, 0.4) is 0 Å². The molecule has 1 amide bonds. The van der Waals surface area contributed by atoms with E-state index in [0.717, 1.165) is 18.2 Å². The van der Waals surface area contributed by atoms with E-state index in [9.17, 15) is 22.4 Å². The topological polar surface area (TPSA) is 69.0 Å². The molecule has 29 heavy (non-hydrogen) atoms. The highest BCUT2D eigenvalue weighted by Crippen LogP contribution is 2.32. The lowest BCUT2D eigenvalue weighted by Crippen LogP contribution is -2.29. The maximum atomic E-state index is 14.0. The number of halogens is 5. The van der Waals surface area contributed by atoms with Crippen LogP contribution in [0.1, 0.15) is 35.2 Å². The van der Waals surface area contributed by atoms with Gasteiger partial charge in [-0.15, -0.1) is 0 Å². The highest BCUT2D eigenvalue weighted by atomic mass is 35.5. The number of amides is 1. The molecule has 0 aliphatic carbocycles. The van der Waals surface area contributed by atoms with Gasteiger partial charge in [-0.2, -0.15) is 9.65 Å². The lowest BCUT2D eigenvalue weighted by Gasteiger charge is -2.24. The second-order valence-electron chi connectivity index (χ2n) is 6.59. The van der Waals surface area contributed by atoms with Gasteiger partial charge in [0.05, 0.1) is 16.1 Å². The van der Waals surface area contributed by atoms with Gasteiger partial charge in [0.25, 0.3) is 5.91 Å². The summed E-state index contributed by atoms with van der Waals surface area (Å²) in [4.78, 5) is 17.9. The number of carbonyl (C=O) groups is 1. The predicted octanol–water partition coefficient (Wildman–Crippen LogP) is 4.76. The zero-order chi connectivity index (χ0) is 21.2. The molecule has 0 spiro atoms. The standard InChI is InChI=1S/C19H15ClF4N4O/c20-14-9-13(18(29)26-12-2-3-15(21)11(8-12)10-25)17(27-16(14)22)28-6-1-4-19(23,24)5-7-28/h2-3,8-9H,1,4-7H2,(H,26,29). The molecular weight excluding hydrogens is 412 g/mol. The van der Waals surface area contributed by atoms with Crippen molar-refractivity contribution in [3.05, 3.63) is 52.2 Å². The number of pyridine rings is 1. The van der Waals surface area contributed by atoms with Crippen molar-refractivity contribution in [2.75, 3.05) is 23.3 Å². The van der Waals surface area contributed by atoms with E-state index in [1.807, 2.05) is 0 Å². The average Bonchev–Trinajstić information content (AvgIpc) is 2.85. The second-order valence-corrected chi connectivity index (χ2v) is 7.00. The van der Waals surface area contributed by atoms with Gasteiger partial charge >= 0.3 is 0 Å². The van der Waals surface area contributed by atoms with E-state index in [-0.39, 0.29) is 48.6 Å². The summed E-state index contributed by atoms with van der Waals surface area (Å²) in [5.41, 5.74) is -0.265. The number of nitriles is 1. The molecule has 1 fully saturated rings. The minimum absolute atomic E-state index is 0.107. The van der Waals surface area contributed by atoms with Crippen LogP contribution in [0.2, 0.25) is 5.02 Å². The number of nitrogens with zero attached hydrogens (tertiary/aromatic N) is 3. The van der Waals surface area contributed by atoms with Crippen molar-refractivity contribution in [2.24, 2.45) is 0 Å². The highest BCUT2D eigenvalue weighted by Gasteiger charge is 2.33. The molecule has 0 bridgehead atoms. The maximum absolute atomic E-state index is 14.0. The number of alkyl halides is 2. The third-order valence-electron chi connectivity index (χ3n) is 4.52. The monoisotopic (exact) mass is 426 g/mol. The summed E-state index contributed by atoms with van der Waals surface area (Å²) in [5, 5.41) is 11.0. The van der Waals surface area contributed by atoms with Gasteiger partial charge in [-0.1, -0.05) is 11.6 Å². The first kappa shape index (κ1) is 20.9. The fourth-order valence-corrected chi connectivity index (χ4v) is 3.18. The van der Waals surface area contributed by atoms with Crippen LogP contribution >= 0.6 is 11.6 Å². The molecule has 0 unspecified atom stereocenters. The van der Waals surface area contributed by atoms with Crippen molar-refractivity contribution in [3.8, 4) is 6.07 Å². The molecule has 2 aromatic rings. The molecule has 1 aromatic carbocycles. The van der Waals surface area contributed by atoms with Crippen molar-refractivity contribution < 1.29 is 22.4 Å². The van der Waals surface area contributed by atoms with Crippen LogP contribution in [0.5, 0.6) is 0 Å². The molecule has 1 N–H and O–H groups in total. The summed E-state index contributed by atoms with van der Waals surface area (Å²) in [7, 11) is 0. The van der Waals surface area contributed by atoms with E-state index in [0.29, 0.717) is 0 Å². The Morgan fingerprint density at radius 2 is 2.00 bits per heavy atom. The van der Waals surface area contributed by atoms with Crippen molar-refractivity contribution in [1.29, 1.82) is 5.26 Å². The van der Waals surface area contributed by atoms with E-state index in [1.54, 1.807) is 6.07 Å². The molecule has 0 atom stereocenters. The van der Waals surface area contributed by atoms with Gasteiger partial charge in [0.2, 0.25) is 11.9 Å². The first-order chi connectivity index (χ1) is 13.7. The van der Waals surface area contributed by atoms with E-state index >= 15 is 0 Å². The van der Waals surface area contributed by atoms with E-state index in [4.69, 9.17) is 16.9 Å². The molecule has 2 heterocycles. The van der Waals surface area contributed by atoms with Crippen LogP contribution in [-0.4, -0.2) is 29.9 Å². The van der Waals surface area contributed by atoms with Crippen molar-refractivity contribution >= 4 is 29.0 Å². The van der Waals surface area contributed by atoms with Gasteiger partial charge in [-0.05, 0) is 30.7 Å². The Kier molecular flexibility index (Phi) is 5.94. The fourth-order valence-electron chi connectivity index (χ4n) is 3.03. The molecule has 1 aliphatic rings. The molecule has 1 aromatic heterocycles. The largest absolute Gasteiger partial charge is 0.356 e. The quantitative estimate of drug-likeness (QED) is 0.567. The summed E-state index contributed by atoms with van der Waals surface area (Å²) in [5.74, 6) is -5.47. The second kappa shape index (κ2) is 8.25. The molecule has 0 radical (unpaired) electrons. The summed E-state index contributed by atoms with van der Waals surface area (Å²) in [6.07, 6.45) is -0.624. The molecule has 3 rings (SSSR count). The van der Waals surface area contributed by atoms with E-state index in [1.165, 1.54) is 11.0 Å². The van der Waals surface area contributed by atoms with Crippen LogP contribution in [0, 0.1) is 23.1 Å². The van der Waals surface area contributed by atoms with Gasteiger partial charge in [-0.25, -0.2) is 18.2 Å². The van der Waals surface area contributed by atoms with Crippen LogP contribution in [0.15, 0.2) is 24.3 Å². The lowest BCUT2D eigenvalue weighted by atomic mass is 10.1. The third kappa shape index (κ3) is 4.77. The summed E-state index contributed by atoms with van der Waals surface area (Å²) in [6, 6.07) is 6.12. The SMILES string of the molecule is N#Cc1cc(NC(=O)c2cc(Cl)c(F)nc2N2CCCC(F)(F)CC2)ccc1F. The number of rotatable bonds is 3. The van der Waals surface area contributed by atoms with Gasteiger partial charge in [0.15, 0.2) is 0 Å². The van der Waals surface area contributed by atoms with Crippen molar-refractivity contribution in [3.63, 3.8) is 0 Å². The number of carbonyl (C=O) groups excluding carboxylic acids is 1. The summed E-state index contributed by atoms with van der Waals surface area (Å²) >= 11 is 5.77. The van der Waals surface area contributed by atoms with Gasteiger partial charge in [0.1, 0.15) is 17.7 Å². The minimum atomic E-state index is -2.84. The fraction of sp³-hybridized carbons (Fsp3) is 0.316. The third-order valence-corrected chi connectivity index (χ3v) is 4.79. The molecule has 152 valence electrons. The normalized spacial score (nSPS) is 16.1. The zero-order valence-electron chi connectivity index (χ0n) is 15.0. The predicted molar refractivity (Wildman–Crippen MR) is 99.3 cm³/mol. The minimum Gasteiger partial charge on any atom is -0.356 e. The highest BCUT2D eigenvalue weighted by molar-refractivity contribution is 6.31. The first-order valence-corrected chi connectivity index (χ1v) is 9.08. The number of aromatic nitrogens is 1. The Bertz CT molecular complexity index is 993. The lowest BCUT2D eigenvalue weighted by molar-refractivity contribution is -0.0102. The molecule has 5 nitrogen and oxygen atoms in total. The van der Waals surface area contributed by atoms with Gasteiger partial charge < -0.3 is 10.2 Å². The first-order valence-electron chi connectivity index (χ1n) is 8.70. The Morgan fingerprint density at radius 1 is 1.24 bits per heavy atom. The Morgan fingerprint density at radius 3 is 2.72 bits per heavy atom. The molecule has 0 saturated carbocycles. The van der Waals surface area contributed by atoms with Crippen LogP contribution < -0.4 is 10.2 Å². The number of hydrogen-bond acceptors (Lipinski definition) is 4. The smallest absolute Gasteiger partial charge is 0.259 e. The number of anilines is 2. The molecular formula is C19H15ClF4N4O. The maximum Gasteiger partial charge on any atom is 0.259 e. The molecule has 1 saturated heterocycles. The van der Waals surface area contributed by atoms with Gasteiger partial charge in [0, 0.05) is 31.6 Å². The van der Waals surface area contributed by atoms with E-state index < -0.39 is 35.0 Å². The number of hydrogen-bond donors (Lipinski definition) is 1. The van der Waals surface area contributed by atoms with Gasteiger partial charge in [-0.3, -0.25) is 4.79 Å². The average molecular weight is 427 g/mol. The Hall–Kier alpha value is -2.86. The van der Waals surface area contributed by atoms with Crippen LogP contribution in [-0.2, 0) is 0 Å². The Labute approximate surface area is 168 Å². The Balaban J connectivity index is 1.93. The summed E-state index contributed by atoms with van der Waals surface area (Å²) < 4.78 is 54.8. The molecule has 1 aliphatic heterocycles. The number of benzene rings is 1. The van der Waals surface area contributed by atoms with Crippen molar-refractivity contribution in [2.45, 2.75) is 25.2 Å². The molecule has 10 heteroatoms.